The van der Waals surface area contributed by atoms with Gasteiger partial charge in [-0.2, -0.15) is 0 Å². The fraction of sp³-hybridized carbons (Fsp3) is 0.312. The van der Waals surface area contributed by atoms with Gasteiger partial charge in [0.25, 0.3) is 0 Å². The lowest BCUT2D eigenvalue weighted by Gasteiger charge is -2.31. The Morgan fingerprint density at radius 1 is 1.29 bits per heavy atom. The first-order valence-corrected chi connectivity index (χ1v) is 8.84. The molecule has 0 unspecified atom stereocenters. The third-order valence-electron chi connectivity index (χ3n) is 3.83. The Balaban J connectivity index is 1.51. The minimum Gasteiger partial charge on any atom is -0.368 e. The minimum atomic E-state index is 0.128. The Bertz CT molecular complexity index is 723. The maximum atomic E-state index is 5.87. The molecule has 3 aromatic rings. The van der Waals surface area contributed by atoms with E-state index in [4.69, 9.17) is 4.74 Å². The Morgan fingerprint density at radius 2 is 2.24 bits per heavy atom. The van der Waals surface area contributed by atoms with Crippen LogP contribution in [-0.2, 0) is 11.3 Å². The summed E-state index contributed by atoms with van der Waals surface area (Å²) in [6.45, 7) is 3.70. The molecule has 0 radical (unpaired) electrons. The number of hydrogen-bond acceptors (Lipinski definition) is 5. The van der Waals surface area contributed by atoms with Gasteiger partial charge in [-0.1, -0.05) is 18.2 Å². The zero-order chi connectivity index (χ0) is 14.1. The van der Waals surface area contributed by atoms with Crippen LogP contribution in [0.3, 0.4) is 0 Å². The summed E-state index contributed by atoms with van der Waals surface area (Å²) in [7, 11) is 0. The van der Waals surface area contributed by atoms with Crippen molar-refractivity contribution >= 4 is 32.8 Å². The van der Waals surface area contributed by atoms with Gasteiger partial charge in [0.05, 0.1) is 6.61 Å². The SMILES string of the molecule is c1ccc2c(CN3CCO[C@H](c4nccs4)C3)csc2c1. The van der Waals surface area contributed by atoms with E-state index in [-0.39, 0.29) is 6.10 Å². The van der Waals surface area contributed by atoms with Crippen molar-refractivity contribution in [3.05, 3.63) is 51.8 Å². The van der Waals surface area contributed by atoms with E-state index in [1.165, 1.54) is 15.6 Å². The van der Waals surface area contributed by atoms with Crippen LogP contribution in [0.4, 0.5) is 0 Å². The Labute approximate surface area is 131 Å². The fourth-order valence-electron chi connectivity index (χ4n) is 2.79. The second-order valence-electron chi connectivity index (χ2n) is 5.22. The number of aromatic nitrogens is 1. The summed E-state index contributed by atoms with van der Waals surface area (Å²) >= 11 is 3.51. The van der Waals surface area contributed by atoms with Crippen molar-refractivity contribution in [2.45, 2.75) is 12.6 Å². The molecule has 0 saturated carbocycles. The number of thiazole rings is 1. The van der Waals surface area contributed by atoms with Crippen LogP contribution in [0.2, 0.25) is 0 Å². The van der Waals surface area contributed by atoms with Gasteiger partial charge in [-0.3, -0.25) is 4.90 Å². The van der Waals surface area contributed by atoms with Gasteiger partial charge in [0.15, 0.2) is 0 Å². The van der Waals surface area contributed by atoms with Crippen LogP contribution >= 0.6 is 22.7 Å². The van der Waals surface area contributed by atoms with Crippen molar-refractivity contribution in [1.29, 1.82) is 0 Å². The van der Waals surface area contributed by atoms with Crippen LogP contribution in [0.15, 0.2) is 41.2 Å². The van der Waals surface area contributed by atoms with Gasteiger partial charge in [0, 0.05) is 35.9 Å². The summed E-state index contributed by atoms with van der Waals surface area (Å²) in [6, 6.07) is 8.65. The van der Waals surface area contributed by atoms with Crippen molar-refractivity contribution < 1.29 is 4.74 Å². The summed E-state index contributed by atoms with van der Waals surface area (Å²) < 4.78 is 7.24. The fourth-order valence-corrected chi connectivity index (χ4v) is 4.42. The van der Waals surface area contributed by atoms with E-state index in [2.05, 4.69) is 39.5 Å². The predicted molar refractivity (Wildman–Crippen MR) is 87.9 cm³/mol. The number of thiophene rings is 1. The quantitative estimate of drug-likeness (QED) is 0.732. The summed E-state index contributed by atoms with van der Waals surface area (Å²) in [5.74, 6) is 0. The topological polar surface area (TPSA) is 25.4 Å². The largest absolute Gasteiger partial charge is 0.368 e. The van der Waals surface area contributed by atoms with E-state index >= 15 is 0 Å². The van der Waals surface area contributed by atoms with Crippen molar-refractivity contribution in [2.75, 3.05) is 19.7 Å². The van der Waals surface area contributed by atoms with E-state index in [9.17, 15) is 0 Å². The summed E-state index contributed by atoms with van der Waals surface area (Å²) in [5.41, 5.74) is 1.43. The summed E-state index contributed by atoms with van der Waals surface area (Å²) in [4.78, 5) is 6.87. The number of rotatable bonds is 3. The van der Waals surface area contributed by atoms with Crippen molar-refractivity contribution in [1.82, 2.24) is 9.88 Å². The molecule has 1 atom stereocenters. The number of nitrogens with zero attached hydrogens (tertiary/aromatic N) is 2. The molecule has 1 aliphatic rings. The Hall–Kier alpha value is -1.27. The van der Waals surface area contributed by atoms with Crippen molar-refractivity contribution in [3.8, 4) is 0 Å². The lowest BCUT2D eigenvalue weighted by atomic mass is 10.1. The molecule has 0 spiro atoms. The molecule has 3 heterocycles. The first-order valence-electron chi connectivity index (χ1n) is 7.08. The molecular formula is C16H16N2OS2. The van der Waals surface area contributed by atoms with E-state index in [1.54, 1.807) is 11.3 Å². The molecule has 3 nitrogen and oxygen atoms in total. The van der Waals surface area contributed by atoms with Crippen molar-refractivity contribution in [3.63, 3.8) is 0 Å². The van der Waals surface area contributed by atoms with Gasteiger partial charge in [-0.05, 0) is 22.4 Å². The Kier molecular flexibility index (Phi) is 3.73. The number of fused-ring (bicyclic) bond motifs is 1. The molecule has 1 saturated heterocycles. The first-order chi connectivity index (χ1) is 10.4. The molecule has 4 rings (SSSR count). The lowest BCUT2D eigenvalue weighted by Crippen LogP contribution is -2.37. The van der Waals surface area contributed by atoms with Crippen LogP contribution in [0, 0.1) is 0 Å². The van der Waals surface area contributed by atoms with Crippen molar-refractivity contribution in [2.24, 2.45) is 0 Å². The van der Waals surface area contributed by atoms with Crippen LogP contribution in [0.25, 0.3) is 10.1 Å². The van der Waals surface area contributed by atoms with Crippen LogP contribution in [0.5, 0.6) is 0 Å². The summed E-state index contributed by atoms with van der Waals surface area (Å²) in [5, 5.41) is 6.79. The van der Waals surface area contributed by atoms with E-state index in [1.807, 2.05) is 22.9 Å². The molecule has 0 bridgehead atoms. The predicted octanol–water partition coefficient (Wildman–Crippen LogP) is 3.93. The third-order valence-corrected chi connectivity index (χ3v) is 5.71. The van der Waals surface area contributed by atoms with E-state index in [0.717, 1.165) is 31.2 Å². The first kappa shape index (κ1) is 13.4. The monoisotopic (exact) mass is 316 g/mol. The number of benzene rings is 1. The van der Waals surface area contributed by atoms with Gasteiger partial charge in [0.1, 0.15) is 11.1 Å². The molecule has 5 heteroatoms. The zero-order valence-electron chi connectivity index (χ0n) is 11.6. The highest BCUT2D eigenvalue weighted by Crippen LogP contribution is 2.29. The van der Waals surface area contributed by atoms with Gasteiger partial charge in [0.2, 0.25) is 0 Å². The third kappa shape index (κ3) is 2.74. The smallest absolute Gasteiger partial charge is 0.123 e. The molecule has 108 valence electrons. The second kappa shape index (κ2) is 5.85. The molecule has 1 aliphatic heterocycles. The normalized spacial score (nSPS) is 20.1. The average molecular weight is 316 g/mol. The van der Waals surface area contributed by atoms with Crippen LogP contribution < -0.4 is 0 Å². The molecular weight excluding hydrogens is 300 g/mol. The van der Waals surface area contributed by atoms with E-state index in [0.29, 0.717) is 0 Å². The Morgan fingerprint density at radius 3 is 3.14 bits per heavy atom. The second-order valence-corrected chi connectivity index (χ2v) is 7.06. The van der Waals surface area contributed by atoms with Gasteiger partial charge < -0.3 is 4.74 Å². The highest BCUT2D eigenvalue weighted by molar-refractivity contribution is 7.17. The maximum absolute atomic E-state index is 5.87. The molecule has 2 aromatic heterocycles. The van der Waals surface area contributed by atoms with Gasteiger partial charge in [-0.15, -0.1) is 22.7 Å². The highest BCUT2D eigenvalue weighted by Gasteiger charge is 2.24. The molecule has 0 amide bonds. The molecule has 21 heavy (non-hydrogen) atoms. The molecule has 0 N–H and O–H groups in total. The average Bonchev–Trinajstić information content (AvgIpc) is 3.18. The highest BCUT2D eigenvalue weighted by atomic mass is 32.1. The maximum Gasteiger partial charge on any atom is 0.123 e. The molecule has 1 aromatic carbocycles. The van der Waals surface area contributed by atoms with Gasteiger partial charge in [-0.25, -0.2) is 4.98 Å². The number of morpholine rings is 1. The lowest BCUT2D eigenvalue weighted by molar-refractivity contribution is -0.0328. The standard InChI is InChI=1S/C16H16N2OS2/c1-2-4-15-13(3-1)12(11-21-15)9-18-6-7-19-14(10-18)16-17-5-8-20-16/h1-5,8,11,14H,6-7,9-10H2/t14-/m0/s1. The summed E-state index contributed by atoms with van der Waals surface area (Å²) in [6.07, 6.45) is 1.98. The van der Waals surface area contributed by atoms with Crippen LogP contribution in [0.1, 0.15) is 16.7 Å². The van der Waals surface area contributed by atoms with Crippen LogP contribution in [-0.4, -0.2) is 29.6 Å². The number of ether oxygens (including phenoxy) is 1. The minimum absolute atomic E-state index is 0.128. The van der Waals surface area contributed by atoms with E-state index < -0.39 is 0 Å². The number of hydrogen-bond donors (Lipinski definition) is 0. The molecule has 1 fully saturated rings. The van der Waals surface area contributed by atoms with Gasteiger partial charge >= 0.3 is 0 Å². The molecule has 0 aliphatic carbocycles. The zero-order valence-corrected chi connectivity index (χ0v) is 13.2.